The highest BCUT2D eigenvalue weighted by Gasteiger charge is 2.44. The van der Waals surface area contributed by atoms with Crippen molar-refractivity contribution >= 4 is 86.7 Å². The topological polar surface area (TPSA) is 372 Å². The molecule has 7 amide bonds. The molecule has 3 atom stereocenters. The quantitative estimate of drug-likeness (QED) is 0.0192. The summed E-state index contributed by atoms with van der Waals surface area (Å²) in [5.74, 6) is -2.57. The lowest BCUT2D eigenvalue weighted by molar-refractivity contribution is -0.144. The first-order chi connectivity index (χ1) is 50.0. The predicted molar refractivity (Wildman–Crippen MR) is 389 cm³/mol. The van der Waals surface area contributed by atoms with Crippen molar-refractivity contribution in [3.8, 4) is 21.9 Å². The van der Waals surface area contributed by atoms with Crippen LogP contribution in [0.4, 0.5) is 11.9 Å². The number of rotatable bonds is 35. The van der Waals surface area contributed by atoms with Crippen LogP contribution >= 0.6 is 11.3 Å². The van der Waals surface area contributed by atoms with Crippen LogP contribution in [-0.2, 0) is 66.1 Å². The zero-order valence-corrected chi connectivity index (χ0v) is 61.1. The molecule has 7 heterocycles. The maximum Gasteiger partial charge on any atom is 0.276 e. The highest BCUT2D eigenvalue weighted by molar-refractivity contribution is 7.13. The second kappa shape index (κ2) is 35.5. The van der Waals surface area contributed by atoms with Crippen LogP contribution in [0.1, 0.15) is 112 Å². The van der Waals surface area contributed by atoms with E-state index in [0.717, 1.165) is 41.3 Å². The van der Waals surface area contributed by atoms with Crippen LogP contribution in [0.25, 0.3) is 32.5 Å². The number of thiazole rings is 1. The number of allylic oxidation sites excluding steroid dienone is 2. The molecule has 8 N–H and O–H groups in total. The fourth-order valence-electron chi connectivity index (χ4n) is 12.4. The summed E-state index contributed by atoms with van der Waals surface area (Å²) in [6, 6.07) is 15.5. The Kier molecular flexibility index (Phi) is 26.2. The first-order valence-corrected chi connectivity index (χ1v) is 35.7. The molecule has 3 unspecified atom stereocenters. The molecular formula is C72H93N17O14S. The number of nitrogens with two attached hydrogens (primary N) is 1. The number of β-amino-alcohol motifs (C(OH)–C–C–N with tert-alkyl or cyclic N) is 1. The molecule has 32 heteroatoms. The van der Waals surface area contributed by atoms with Gasteiger partial charge in [-0.3, -0.25) is 58.5 Å². The van der Waals surface area contributed by atoms with Gasteiger partial charge in [0.15, 0.2) is 0 Å². The normalized spacial score (nSPS) is 15.2. The van der Waals surface area contributed by atoms with E-state index in [1.54, 1.807) is 106 Å². The SMILES string of the molecule is CCn1nc(C)cc1C(=O)Nc1nc2cc(C(=O)NCCOCCOCCOCC(=O)NC(C(=O)N3CC(O)CC3C(=O)NCc3ccc(-c4scnc4C)cc3)C(C)(C)C)cc(OC)c2n1CC=CCn1c(NC(=O)c2cc(C)nn2CC)nc2cc(C(N)=O)cc(OCCCN3CCOCC3)c21. The number of fused-ring (bicyclic) bond motifs is 2. The number of nitrogens with zero attached hydrogens (tertiary/aromatic N) is 11. The van der Waals surface area contributed by atoms with Crippen LogP contribution in [0.5, 0.6) is 11.5 Å². The van der Waals surface area contributed by atoms with E-state index in [4.69, 9.17) is 44.1 Å². The number of anilines is 2. The van der Waals surface area contributed by atoms with Gasteiger partial charge in [0, 0.05) is 83.0 Å². The number of aliphatic hydroxyl groups is 1. The van der Waals surface area contributed by atoms with E-state index in [1.807, 2.05) is 57.2 Å². The third-order valence-electron chi connectivity index (χ3n) is 17.6. The van der Waals surface area contributed by atoms with Crippen molar-refractivity contribution in [2.45, 2.75) is 119 Å². The monoisotopic (exact) mass is 1450 g/mol. The summed E-state index contributed by atoms with van der Waals surface area (Å²) in [6.07, 6.45) is 3.51. The Hall–Kier alpha value is -9.96. The molecule has 0 bridgehead atoms. The Bertz CT molecular complexity index is 4390. The maximum atomic E-state index is 14.1. The highest BCUT2D eigenvalue weighted by Crippen LogP contribution is 2.35. The molecule has 0 radical (unpaired) electrons. The van der Waals surface area contributed by atoms with Gasteiger partial charge in [-0.1, -0.05) is 57.2 Å². The van der Waals surface area contributed by atoms with Crippen LogP contribution in [-0.4, -0.2) is 217 Å². The molecule has 2 saturated heterocycles. The fraction of sp³-hybridized carbons (Fsp3) is 0.472. The number of aryl methyl sites for hydroxylation is 5. The van der Waals surface area contributed by atoms with Gasteiger partial charge in [0.25, 0.3) is 17.7 Å². The molecule has 2 fully saturated rings. The Morgan fingerprint density at radius 3 is 1.90 bits per heavy atom. The Morgan fingerprint density at radius 2 is 1.33 bits per heavy atom. The molecule has 5 aromatic heterocycles. The lowest BCUT2D eigenvalue weighted by Gasteiger charge is -2.35. The zero-order chi connectivity index (χ0) is 74.2. The van der Waals surface area contributed by atoms with Gasteiger partial charge in [0.05, 0.1) is 105 Å². The summed E-state index contributed by atoms with van der Waals surface area (Å²) in [4.78, 5) is 114. The van der Waals surface area contributed by atoms with Crippen molar-refractivity contribution in [3.63, 3.8) is 0 Å². The van der Waals surface area contributed by atoms with Gasteiger partial charge in [0.1, 0.15) is 52.6 Å². The van der Waals surface area contributed by atoms with Crippen LogP contribution in [0.2, 0.25) is 0 Å². The van der Waals surface area contributed by atoms with Crippen LogP contribution in [0.15, 0.2) is 78.3 Å². The third kappa shape index (κ3) is 19.3. The first kappa shape index (κ1) is 76.7. The molecule has 104 heavy (non-hydrogen) atoms. The summed E-state index contributed by atoms with van der Waals surface area (Å²) in [5.41, 5.74) is 13.7. The van der Waals surface area contributed by atoms with Crippen LogP contribution in [0, 0.1) is 26.2 Å². The average Bonchev–Trinajstić information content (AvgIpc) is 1.62. The van der Waals surface area contributed by atoms with Crippen molar-refractivity contribution in [3.05, 3.63) is 123 Å². The molecule has 0 saturated carbocycles. The number of carbonyl (C=O) groups is 7. The number of morpholine rings is 1. The average molecular weight is 1450 g/mol. The molecule has 0 spiro atoms. The van der Waals surface area contributed by atoms with Gasteiger partial charge in [0.2, 0.25) is 35.5 Å². The minimum atomic E-state index is -1.03. The number of hydrogen-bond acceptors (Lipinski definition) is 21. The number of methoxy groups -OCH3 is 1. The van der Waals surface area contributed by atoms with E-state index in [9.17, 15) is 38.7 Å². The number of primary amides is 1. The first-order valence-electron chi connectivity index (χ1n) is 34.8. The number of carbonyl (C=O) groups excluding carboxylic acids is 7. The molecule has 556 valence electrons. The molecule has 2 aliphatic heterocycles. The molecule has 3 aromatic carbocycles. The largest absolute Gasteiger partial charge is 0.494 e. The Balaban J connectivity index is 0.733. The number of imidazole rings is 2. The lowest BCUT2D eigenvalue weighted by Crippen LogP contribution is -2.58. The number of aliphatic hydroxyl groups excluding tert-OH is 1. The number of aromatic nitrogens is 9. The van der Waals surface area contributed by atoms with Crippen molar-refractivity contribution in [2.24, 2.45) is 11.1 Å². The van der Waals surface area contributed by atoms with Gasteiger partial charge < -0.3 is 69.2 Å². The number of likely N-dealkylation sites (tertiary alicyclic amines) is 1. The molecule has 8 aromatic rings. The van der Waals surface area contributed by atoms with E-state index >= 15 is 0 Å². The summed E-state index contributed by atoms with van der Waals surface area (Å²) in [7, 11) is 1.47. The standard InChI is InChI=1S/C72H93N17O14S/c1-10-88-55(33-44(3)82-88)67(95)80-70-78-53-36-50(65(93)74-19-26-99-29-30-101-31-32-102-42-59(91)79-63(72(6,7)8)69(97)87-41-51(90)39-54(87)66(94)75-40-47-15-17-48(18-16-47)62-46(5)76-43-104-62)38-57(98-9)60(53)85(70)21-12-13-22-86-61-52(77-71(86)81-68(96)56-34-45(4)83-89(56)11-2)35-49(64(73)92)37-58(61)103-25-14-20-84-23-27-100-28-24-84/h12-13,15-18,33-38,43,51,54,63,90H,10-11,14,19-32,39-42H2,1-9H3,(H2,73,92)(H,74,93)(H,75,94)(H,79,91)(H,77,81,96)(H,78,80,95). The molecule has 10 rings (SSSR count). The van der Waals surface area contributed by atoms with Crippen LogP contribution < -0.4 is 41.8 Å². The van der Waals surface area contributed by atoms with Gasteiger partial charge in [-0.15, -0.1) is 11.3 Å². The lowest BCUT2D eigenvalue weighted by atomic mass is 9.85. The second-order valence-corrected chi connectivity index (χ2v) is 27.2. The van der Waals surface area contributed by atoms with E-state index in [2.05, 4.69) is 46.7 Å². The summed E-state index contributed by atoms with van der Waals surface area (Å²) in [6.45, 7) is 20.5. The fourth-order valence-corrected chi connectivity index (χ4v) is 13.2. The second-order valence-electron chi connectivity index (χ2n) is 26.3. The number of benzene rings is 3. The summed E-state index contributed by atoms with van der Waals surface area (Å²) in [5, 5.41) is 34.1. The van der Waals surface area contributed by atoms with Crippen molar-refractivity contribution in [1.29, 1.82) is 0 Å². The Morgan fingerprint density at radius 1 is 0.740 bits per heavy atom. The minimum absolute atomic E-state index is 0.0563. The van der Waals surface area contributed by atoms with Crippen LogP contribution in [0.3, 0.4) is 0 Å². The van der Waals surface area contributed by atoms with E-state index < -0.39 is 65.0 Å². The summed E-state index contributed by atoms with van der Waals surface area (Å²) >= 11 is 1.55. The molecule has 2 aliphatic rings. The molecule has 31 nitrogen and oxygen atoms in total. The number of hydrogen-bond donors (Lipinski definition) is 7. The van der Waals surface area contributed by atoms with Crippen molar-refractivity contribution < 1.29 is 67.1 Å². The van der Waals surface area contributed by atoms with Gasteiger partial charge in [-0.05, 0) is 94.0 Å². The van der Waals surface area contributed by atoms with E-state index in [1.165, 1.54) is 12.0 Å². The number of amides is 7. The maximum absolute atomic E-state index is 14.1. The molecule has 0 aliphatic carbocycles. The van der Waals surface area contributed by atoms with E-state index in [0.29, 0.717) is 89.9 Å². The van der Waals surface area contributed by atoms with Gasteiger partial charge in [-0.2, -0.15) is 10.2 Å². The van der Waals surface area contributed by atoms with E-state index in [-0.39, 0.29) is 108 Å². The van der Waals surface area contributed by atoms with Gasteiger partial charge in [-0.25, -0.2) is 15.0 Å². The van der Waals surface area contributed by atoms with Crippen molar-refractivity contribution in [1.82, 2.24) is 69.4 Å². The zero-order valence-electron chi connectivity index (χ0n) is 60.2. The number of ether oxygens (including phenoxy) is 6. The summed E-state index contributed by atoms with van der Waals surface area (Å²) < 4.78 is 41.6. The Labute approximate surface area is 606 Å². The number of nitrogens with one attached hydrogen (secondary N) is 5. The third-order valence-corrected chi connectivity index (χ3v) is 18.6. The van der Waals surface area contributed by atoms with Crippen molar-refractivity contribution in [2.75, 3.05) is 110 Å². The molecular weight excluding hydrogens is 1360 g/mol. The van der Waals surface area contributed by atoms with Gasteiger partial charge >= 0.3 is 0 Å². The minimum Gasteiger partial charge on any atom is -0.494 e. The highest BCUT2D eigenvalue weighted by atomic mass is 32.1. The smallest absolute Gasteiger partial charge is 0.276 e. The predicted octanol–water partition coefficient (Wildman–Crippen LogP) is 5.43.